The first-order chi connectivity index (χ1) is 16.3. The molecule has 0 radical (unpaired) electrons. The van der Waals surface area contributed by atoms with Crippen molar-refractivity contribution in [1.82, 2.24) is 9.47 Å². The Morgan fingerprint density at radius 3 is 2.53 bits per heavy atom. The molecule has 3 heterocycles. The summed E-state index contributed by atoms with van der Waals surface area (Å²) >= 11 is 6.28. The number of rotatable bonds is 4. The number of benzene rings is 2. The lowest BCUT2D eigenvalue weighted by atomic mass is 9.86. The second-order valence-electron chi connectivity index (χ2n) is 9.24. The van der Waals surface area contributed by atoms with Gasteiger partial charge in [0.2, 0.25) is 0 Å². The Morgan fingerprint density at radius 1 is 1.09 bits per heavy atom. The highest BCUT2D eigenvalue weighted by molar-refractivity contribution is 6.30. The molecule has 178 valence electrons. The van der Waals surface area contributed by atoms with Gasteiger partial charge in [0.1, 0.15) is 11.5 Å². The Balaban J connectivity index is 1.39. The van der Waals surface area contributed by atoms with Gasteiger partial charge in [-0.25, -0.2) is 0 Å². The lowest BCUT2D eigenvalue weighted by Gasteiger charge is -2.45. The van der Waals surface area contributed by atoms with Crippen LogP contribution in [0, 0.1) is 6.92 Å². The first kappa shape index (κ1) is 22.7. The number of aromatic nitrogens is 1. The number of nitrogens with zero attached hydrogens (tertiary/aromatic N) is 2. The average Bonchev–Trinajstić information content (AvgIpc) is 3.25. The SMILES string of the molecule is COc1ccc2n1-c1ccc(Cl)cc1OC21CCN(C(=O)c2ccc(OC(C)C)c(C)c2)CC1. The number of halogens is 1. The molecule has 2 aliphatic rings. The Morgan fingerprint density at radius 2 is 1.85 bits per heavy atom. The fraction of sp³-hybridized carbons (Fsp3) is 0.370. The highest BCUT2D eigenvalue weighted by Crippen LogP contribution is 2.48. The van der Waals surface area contributed by atoms with E-state index >= 15 is 0 Å². The molecule has 3 aromatic rings. The summed E-state index contributed by atoms with van der Waals surface area (Å²) in [6.45, 7) is 7.14. The minimum Gasteiger partial charge on any atom is -0.491 e. The zero-order valence-electron chi connectivity index (χ0n) is 19.9. The number of carbonyl (C=O) groups is 1. The topological polar surface area (TPSA) is 52.9 Å². The summed E-state index contributed by atoms with van der Waals surface area (Å²) in [5, 5.41) is 0.622. The van der Waals surface area contributed by atoms with E-state index in [0.717, 1.165) is 34.3 Å². The number of amides is 1. The minimum atomic E-state index is -0.546. The highest BCUT2D eigenvalue weighted by atomic mass is 35.5. The Hall–Kier alpha value is -3.12. The van der Waals surface area contributed by atoms with Crippen LogP contribution in [-0.2, 0) is 5.60 Å². The van der Waals surface area contributed by atoms with E-state index in [9.17, 15) is 4.79 Å². The molecule has 1 saturated heterocycles. The van der Waals surface area contributed by atoms with Crippen LogP contribution in [-0.4, -0.2) is 41.7 Å². The summed E-state index contributed by atoms with van der Waals surface area (Å²) in [5.41, 5.74) is 3.04. The van der Waals surface area contributed by atoms with Crippen LogP contribution in [0.3, 0.4) is 0 Å². The molecule has 1 spiro atoms. The normalized spacial score (nSPS) is 16.1. The number of hydrogen-bond donors (Lipinski definition) is 0. The van der Waals surface area contributed by atoms with E-state index in [-0.39, 0.29) is 12.0 Å². The summed E-state index contributed by atoms with van der Waals surface area (Å²) < 4.78 is 20.2. The summed E-state index contributed by atoms with van der Waals surface area (Å²) in [7, 11) is 1.67. The summed E-state index contributed by atoms with van der Waals surface area (Å²) in [5.74, 6) is 2.32. The molecule has 0 unspecified atom stereocenters. The maximum absolute atomic E-state index is 13.3. The van der Waals surface area contributed by atoms with Gasteiger partial charge in [-0.1, -0.05) is 11.6 Å². The molecular formula is C27H29ClN2O4. The van der Waals surface area contributed by atoms with Gasteiger partial charge in [-0.05, 0) is 62.7 Å². The van der Waals surface area contributed by atoms with Crippen LogP contribution in [0.5, 0.6) is 17.4 Å². The van der Waals surface area contributed by atoms with E-state index in [1.807, 2.05) is 68.1 Å². The van der Waals surface area contributed by atoms with E-state index < -0.39 is 5.60 Å². The molecule has 2 aromatic carbocycles. The molecule has 7 heteroatoms. The average molecular weight is 481 g/mol. The quantitative estimate of drug-likeness (QED) is 0.476. The first-order valence-electron chi connectivity index (χ1n) is 11.6. The maximum Gasteiger partial charge on any atom is 0.253 e. The first-order valence-corrected chi connectivity index (χ1v) is 12.0. The van der Waals surface area contributed by atoms with Crippen molar-refractivity contribution in [3.05, 3.63) is 70.4 Å². The number of likely N-dealkylation sites (tertiary alicyclic amines) is 1. The highest BCUT2D eigenvalue weighted by Gasteiger charge is 2.45. The number of carbonyl (C=O) groups excluding carboxylic acids is 1. The van der Waals surface area contributed by atoms with Gasteiger partial charge < -0.3 is 19.1 Å². The van der Waals surface area contributed by atoms with Gasteiger partial charge in [-0.15, -0.1) is 0 Å². The molecule has 1 fully saturated rings. The number of ether oxygens (including phenoxy) is 3. The van der Waals surface area contributed by atoms with E-state index in [1.165, 1.54) is 0 Å². The zero-order chi connectivity index (χ0) is 24.0. The molecule has 34 heavy (non-hydrogen) atoms. The van der Waals surface area contributed by atoms with Crippen molar-refractivity contribution >= 4 is 17.5 Å². The molecule has 1 amide bonds. The molecule has 5 rings (SSSR count). The van der Waals surface area contributed by atoms with Gasteiger partial charge in [-0.2, -0.15) is 0 Å². The van der Waals surface area contributed by atoms with E-state index in [2.05, 4.69) is 10.6 Å². The summed E-state index contributed by atoms with van der Waals surface area (Å²) in [6.07, 6.45) is 1.43. The molecule has 2 aliphatic heterocycles. The molecule has 0 bridgehead atoms. The van der Waals surface area contributed by atoms with Crippen molar-refractivity contribution < 1.29 is 19.0 Å². The maximum atomic E-state index is 13.3. The van der Waals surface area contributed by atoms with Crippen LogP contribution < -0.4 is 14.2 Å². The number of hydrogen-bond acceptors (Lipinski definition) is 4. The number of fused-ring (bicyclic) bond motifs is 4. The van der Waals surface area contributed by atoms with Crippen molar-refractivity contribution in [3.63, 3.8) is 0 Å². The number of piperidine rings is 1. The van der Waals surface area contributed by atoms with Gasteiger partial charge >= 0.3 is 0 Å². The Kier molecular flexibility index (Phi) is 5.72. The zero-order valence-corrected chi connectivity index (χ0v) is 20.7. The largest absolute Gasteiger partial charge is 0.491 e. The smallest absolute Gasteiger partial charge is 0.253 e. The molecule has 6 nitrogen and oxygen atoms in total. The number of aryl methyl sites for hydroxylation is 1. The molecule has 0 aliphatic carbocycles. The van der Waals surface area contributed by atoms with Crippen LogP contribution in [0.2, 0.25) is 5.02 Å². The lowest BCUT2D eigenvalue weighted by Crippen LogP contribution is -2.50. The van der Waals surface area contributed by atoms with Crippen LogP contribution in [0.1, 0.15) is 48.3 Å². The van der Waals surface area contributed by atoms with Crippen molar-refractivity contribution in [2.45, 2.75) is 45.3 Å². The van der Waals surface area contributed by atoms with Crippen molar-refractivity contribution in [1.29, 1.82) is 0 Å². The van der Waals surface area contributed by atoms with Crippen LogP contribution in [0.4, 0.5) is 0 Å². The Labute approximate surface area is 205 Å². The predicted molar refractivity (Wildman–Crippen MR) is 132 cm³/mol. The molecule has 1 aromatic heterocycles. The van der Waals surface area contributed by atoms with Crippen LogP contribution >= 0.6 is 11.6 Å². The second kappa shape index (κ2) is 8.58. The van der Waals surface area contributed by atoms with Crippen molar-refractivity contribution in [2.24, 2.45) is 0 Å². The van der Waals surface area contributed by atoms with Crippen molar-refractivity contribution in [2.75, 3.05) is 20.2 Å². The van der Waals surface area contributed by atoms with E-state index in [4.69, 9.17) is 25.8 Å². The van der Waals surface area contributed by atoms with Crippen LogP contribution in [0.25, 0.3) is 5.69 Å². The van der Waals surface area contributed by atoms with Crippen molar-refractivity contribution in [3.8, 4) is 23.1 Å². The lowest BCUT2D eigenvalue weighted by molar-refractivity contribution is -0.00982. The number of methoxy groups -OCH3 is 1. The summed E-state index contributed by atoms with van der Waals surface area (Å²) in [4.78, 5) is 15.2. The third-order valence-corrected chi connectivity index (χ3v) is 6.87. The van der Waals surface area contributed by atoms with Gasteiger partial charge in [0, 0.05) is 48.6 Å². The predicted octanol–water partition coefficient (Wildman–Crippen LogP) is 5.76. The molecule has 0 N–H and O–H groups in total. The fourth-order valence-corrected chi connectivity index (χ4v) is 5.14. The summed E-state index contributed by atoms with van der Waals surface area (Å²) in [6, 6.07) is 15.3. The second-order valence-corrected chi connectivity index (χ2v) is 9.68. The van der Waals surface area contributed by atoms with Gasteiger partial charge in [0.25, 0.3) is 5.91 Å². The Bertz CT molecular complexity index is 1240. The van der Waals surface area contributed by atoms with E-state index in [1.54, 1.807) is 7.11 Å². The van der Waals surface area contributed by atoms with Gasteiger partial charge in [0.05, 0.1) is 24.6 Å². The monoisotopic (exact) mass is 480 g/mol. The third kappa shape index (κ3) is 3.80. The van der Waals surface area contributed by atoms with Crippen LogP contribution in [0.15, 0.2) is 48.5 Å². The van der Waals surface area contributed by atoms with Gasteiger partial charge in [0.15, 0.2) is 11.5 Å². The third-order valence-electron chi connectivity index (χ3n) is 6.63. The van der Waals surface area contributed by atoms with Gasteiger partial charge in [-0.3, -0.25) is 9.36 Å². The molecule has 0 atom stereocenters. The minimum absolute atomic E-state index is 0.0289. The van der Waals surface area contributed by atoms with E-state index in [0.29, 0.717) is 36.5 Å². The molecular weight excluding hydrogens is 452 g/mol. The fourth-order valence-electron chi connectivity index (χ4n) is 4.98. The standard InChI is InChI=1S/C27H29ClN2O4/c1-17(2)33-22-8-5-19(15-18(22)3)26(31)29-13-11-27(12-14-29)24-9-10-25(32-4)30(24)21-7-6-20(28)16-23(21)34-27/h5-10,15-17H,11-14H2,1-4H3. The molecule has 0 saturated carbocycles.